The number of aromatic carboxylic acids is 4. The van der Waals surface area contributed by atoms with Crippen LogP contribution in [0.25, 0.3) is 0 Å². The van der Waals surface area contributed by atoms with Crippen LogP contribution >= 0.6 is 0 Å². The number of hydrogen-bond acceptors (Lipinski definition) is 4. The average molecular weight is 471 g/mol. The molecule has 0 aliphatic heterocycles. The highest BCUT2D eigenvalue weighted by Gasteiger charge is 2.27. The Hall–Kier alpha value is -3.68. The van der Waals surface area contributed by atoms with E-state index in [-0.39, 0.29) is 33.1 Å². The fraction of sp³-hybridized carbons (Fsp3) is 0.385. The molecule has 34 heavy (non-hydrogen) atoms. The highest BCUT2D eigenvalue weighted by molar-refractivity contribution is 6.02. The first-order chi connectivity index (χ1) is 15.7. The van der Waals surface area contributed by atoms with Crippen LogP contribution in [0.2, 0.25) is 0 Å². The molecule has 0 aromatic heterocycles. The molecular formula is C26H30O8. The van der Waals surface area contributed by atoms with E-state index in [9.17, 15) is 39.6 Å². The highest BCUT2D eigenvalue weighted by Crippen LogP contribution is 2.34. The van der Waals surface area contributed by atoms with Gasteiger partial charge in [-0.3, -0.25) is 0 Å². The van der Waals surface area contributed by atoms with Crippen molar-refractivity contribution in [3.8, 4) is 0 Å². The first kappa shape index (κ1) is 26.6. The van der Waals surface area contributed by atoms with Crippen molar-refractivity contribution in [2.75, 3.05) is 0 Å². The molecule has 0 aliphatic rings. The van der Waals surface area contributed by atoms with Crippen molar-refractivity contribution in [3.63, 3.8) is 0 Å². The van der Waals surface area contributed by atoms with Crippen molar-refractivity contribution in [2.24, 2.45) is 0 Å². The summed E-state index contributed by atoms with van der Waals surface area (Å²) in [4.78, 5) is 45.6. The number of hydrogen-bond donors (Lipinski definition) is 4. The molecule has 0 bridgehead atoms. The second-order valence-corrected chi connectivity index (χ2v) is 9.72. The minimum absolute atomic E-state index is 0.238. The van der Waals surface area contributed by atoms with Gasteiger partial charge in [0.05, 0.1) is 22.3 Å². The maximum atomic E-state index is 11.5. The number of carboxylic acids is 4. The Morgan fingerprint density at radius 3 is 1.12 bits per heavy atom. The molecule has 0 fully saturated rings. The molecule has 2 aromatic carbocycles. The van der Waals surface area contributed by atoms with Gasteiger partial charge in [-0.2, -0.15) is 0 Å². The molecule has 0 saturated heterocycles. The first-order valence-corrected chi connectivity index (χ1v) is 10.9. The van der Waals surface area contributed by atoms with Gasteiger partial charge in [-0.05, 0) is 59.1 Å². The SMILES string of the molecule is CC(C)(CCCCC(C)(C)c1ccc(C(=O)O)c(C(=O)O)c1)c1ccc(C(=O)O)c(C(=O)O)c1. The molecule has 182 valence electrons. The lowest BCUT2D eigenvalue weighted by Gasteiger charge is -2.29. The second-order valence-electron chi connectivity index (χ2n) is 9.72. The van der Waals surface area contributed by atoms with Crippen LogP contribution in [0.1, 0.15) is 106 Å². The fourth-order valence-corrected chi connectivity index (χ4v) is 4.08. The largest absolute Gasteiger partial charge is 0.478 e. The van der Waals surface area contributed by atoms with Gasteiger partial charge in [0.25, 0.3) is 0 Å². The van der Waals surface area contributed by atoms with E-state index < -0.39 is 23.9 Å². The molecule has 0 radical (unpaired) electrons. The summed E-state index contributed by atoms with van der Waals surface area (Å²) in [5.41, 5.74) is -0.256. The summed E-state index contributed by atoms with van der Waals surface area (Å²) in [5, 5.41) is 37.2. The minimum atomic E-state index is -1.29. The fourth-order valence-electron chi connectivity index (χ4n) is 4.08. The zero-order chi connectivity index (χ0) is 25.8. The quantitative estimate of drug-likeness (QED) is 0.323. The van der Waals surface area contributed by atoms with Crippen molar-refractivity contribution in [2.45, 2.75) is 64.2 Å². The number of unbranched alkanes of at least 4 members (excludes halogenated alkanes) is 1. The Kier molecular flexibility index (Phi) is 7.87. The van der Waals surface area contributed by atoms with Gasteiger partial charge < -0.3 is 20.4 Å². The molecule has 0 unspecified atom stereocenters. The molecule has 2 rings (SSSR count). The molecule has 0 amide bonds. The van der Waals surface area contributed by atoms with Gasteiger partial charge in [-0.15, -0.1) is 0 Å². The average Bonchev–Trinajstić information content (AvgIpc) is 2.75. The van der Waals surface area contributed by atoms with Gasteiger partial charge in [0, 0.05) is 0 Å². The zero-order valence-corrected chi connectivity index (χ0v) is 19.7. The lowest BCUT2D eigenvalue weighted by Crippen LogP contribution is -2.21. The Labute approximate surface area is 197 Å². The van der Waals surface area contributed by atoms with Crippen LogP contribution in [-0.2, 0) is 10.8 Å². The van der Waals surface area contributed by atoms with Crippen LogP contribution in [0.5, 0.6) is 0 Å². The molecule has 4 N–H and O–H groups in total. The number of carbonyl (C=O) groups is 4. The molecule has 0 aliphatic carbocycles. The summed E-state index contributed by atoms with van der Waals surface area (Å²) in [6.07, 6.45) is 3.07. The Morgan fingerprint density at radius 1 is 0.559 bits per heavy atom. The molecule has 8 nitrogen and oxygen atoms in total. The molecule has 0 atom stereocenters. The van der Waals surface area contributed by atoms with Gasteiger partial charge in [0.1, 0.15) is 0 Å². The van der Waals surface area contributed by atoms with Crippen molar-refractivity contribution in [3.05, 3.63) is 69.8 Å². The second kappa shape index (κ2) is 10.1. The predicted molar refractivity (Wildman–Crippen MR) is 125 cm³/mol. The van der Waals surface area contributed by atoms with Crippen molar-refractivity contribution >= 4 is 23.9 Å². The van der Waals surface area contributed by atoms with Crippen LogP contribution < -0.4 is 0 Å². The van der Waals surface area contributed by atoms with Crippen LogP contribution in [0, 0.1) is 0 Å². The molecule has 2 aromatic rings. The van der Waals surface area contributed by atoms with E-state index in [0.29, 0.717) is 0 Å². The standard InChI is InChI=1S/C26H30O8/c1-25(2,15-7-9-17(21(27)28)19(13-15)23(31)32)11-5-6-12-26(3,4)16-8-10-18(22(29)30)20(14-16)24(33)34/h7-10,13-14H,5-6,11-12H2,1-4H3,(H,27,28)(H,29,30)(H,31,32)(H,33,34). The Morgan fingerprint density at radius 2 is 0.853 bits per heavy atom. The maximum absolute atomic E-state index is 11.5. The van der Waals surface area contributed by atoms with Gasteiger partial charge in [0.2, 0.25) is 0 Å². The minimum Gasteiger partial charge on any atom is -0.478 e. The van der Waals surface area contributed by atoms with Crippen LogP contribution in [0.3, 0.4) is 0 Å². The zero-order valence-electron chi connectivity index (χ0n) is 19.7. The first-order valence-electron chi connectivity index (χ1n) is 10.9. The third-order valence-electron chi connectivity index (χ3n) is 6.38. The Bertz CT molecular complexity index is 1040. The van der Waals surface area contributed by atoms with E-state index in [1.807, 2.05) is 27.7 Å². The van der Waals surface area contributed by atoms with E-state index >= 15 is 0 Å². The lowest BCUT2D eigenvalue weighted by molar-refractivity contribution is 0.0651. The van der Waals surface area contributed by atoms with Crippen LogP contribution in [0.15, 0.2) is 36.4 Å². The van der Waals surface area contributed by atoms with E-state index in [1.165, 1.54) is 24.3 Å². The number of rotatable bonds is 11. The molecule has 8 heteroatoms. The van der Waals surface area contributed by atoms with Crippen LogP contribution in [0.4, 0.5) is 0 Å². The van der Waals surface area contributed by atoms with Gasteiger partial charge >= 0.3 is 23.9 Å². The smallest absolute Gasteiger partial charge is 0.336 e. The van der Waals surface area contributed by atoms with Crippen molar-refractivity contribution in [1.29, 1.82) is 0 Å². The summed E-state index contributed by atoms with van der Waals surface area (Å²) in [7, 11) is 0. The summed E-state index contributed by atoms with van der Waals surface area (Å²) in [6, 6.07) is 8.80. The maximum Gasteiger partial charge on any atom is 0.336 e. The highest BCUT2D eigenvalue weighted by atomic mass is 16.4. The third-order valence-corrected chi connectivity index (χ3v) is 6.38. The monoisotopic (exact) mass is 470 g/mol. The van der Waals surface area contributed by atoms with E-state index in [2.05, 4.69) is 0 Å². The van der Waals surface area contributed by atoms with Crippen molar-refractivity contribution in [1.82, 2.24) is 0 Å². The van der Waals surface area contributed by atoms with E-state index in [4.69, 9.17) is 0 Å². The third kappa shape index (κ3) is 6.01. The topological polar surface area (TPSA) is 149 Å². The summed E-state index contributed by atoms with van der Waals surface area (Å²) in [5.74, 6) is -5.14. The Balaban J connectivity index is 2.11. The summed E-state index contributed by atoms with van der Waals surface area (Å²) in [6.45, 7) is 7.90. The van der Waals surface area contributed by atoms with Gasteiger partial charge in [0.15, 0.2) is 0 Å². The number of carboxylic acid groups (broad SMARTS) is 4. The molecule has 0 heterocycles. The molecule has 0 spiro atoms. The van der Waals surface area contributed by atoms with Gasteiger partial charge in [-0.1, -0.05) is 52.7 Å². The van der Waals surface area contributed by atoms with E-state index in [0.717, 1.165) is 36.8 Å². The van der Waals surface area contributed by atoms with Crippen molar-refractivity contribution < 1.29 is 39.6 Å². The molecular weight excluding hydrogens is 440 g/mol. The van der Waals surface area contributed by atoms with Gasteiger partial charge in [-0.25, -0.2) is 19.2 Å². The van der Waals surface area contributed by atoms with Crippen LogP contribution in [-0.4, -0.2) is 44.3 Å². The van der Waals surface area contributed by atoms with E-state index in [1.54, 1.807) is 12.1 Å². The number of benzene rings is 2. The summed E-state index contributed by atoms with van der Waals surface area (Å²) >= 11 is 0. The summed E-state index contributed by atoms with van der Waals surface area (Å²) < 4.78 is 0. The lowest BCUT2D eigenvalue weighted by atomic mass is 9.76. The normalized spacial score (nSPS) is 11.8. The molecule has 0 saturated carbocycles. The predicted octanol–water partition coefficient (Wildman–Crippen LogP) is 5.30.